The van der Waals surface area contributed by atoms with E-state index in [9.17, 15) is 37.5 Å². The number of carbonyl (C=O) groups excluding carboxylic acids is 1. The highest BCUT2D eigenvalue weighted by Gasteiger charge is 2.38. The molecule has 1 atom stereocenters. The molecule has 0 spiro atoms. The smallest absolute Gasteiger partial charge is 0.416 e. The molecule has 1 N–H and O–H groups in total. The van der Waals surface area contributed by atoms with Gasteiger partial charge in [0.2, 0.25) is 5.91 Å². The Hall–Kier alpha value is -4.15. The van der Waals surface area contributed by atoms with Crippen molar-refractivity contribution in [1.29, 1.82) is 0 Å². The van der Waals surface area contributed by atoms with Crippen molar-refractivity contribution in [3.63, 3.8) is 0 Å². The molecule has 186 valence electrons. The second-order valence-electron chi connectivity index (χ2n) is 8.87. The van der Waals surface area contributed by atoms with Crippen LogP contribution >= 0.6 is 0 Å². The van der Waals surface area contributed by atoms with Crippen molar-refractivity contribution in [2.75, 3.05) is 11.9 Å². The maximum Gasteiger partial charge on any atom is 0.416 e. The Morgan fingerprint density at radius 2 is 1.81 bits per heavy atom. The molecule has 1 aliphatic carbocycles. The van der Waals surface area contributed by atoms with Crippen molar-refractivity contribution in [2.24, 2.45) is 0 Å². The molecular weight excluding hydrogens is 479 g/mol. The number of carboxylic acid groups (broad SMARTS) is 1. The molecule has 11 heteroatoms. The van der Waals surface area contributed by atoms with Gasteiger partial charge < -0.3 is 10.0 Å². The van der Waals surface area contributed by atoms with Gasteiger partial charge in [0, 0.05) is 25.4 Å². The van der Waals surface area contributed by atoms with Gasteiger partial charge in [0.25, 0.3) is 5.56 Å². The Bertz CT molecular complexity index is 1550. The number of anilines is 1. The quantitative estimate of drug-likeness (QED) is 0.597. The third-order valence-corrected chi connectivity index (χ3v) is 6.89. The van der Waals surface area contributed by atoms with Gasteiger partial charge in [0.1, 0.15) is 5.56 Å². The van der Waals surface area contributed by atoms with E-state index < -0.39 is 40.6 Å². The number of hydrogen-bond acceptors (Lipinski definition) is 4. The van der Waals surface area contributed by atoms with Crippen molar-refractivity contribution >= 4 is 17.6 Å². The summed E-state index contributed by atoms with van der Waals surface area (Å²) in [5.74, 6) is -1.62. The van der Waals surface area contributed by atoms with Gasteiger partial charge in [-0.15, -0.1) is 0 Å². The van der Waals surface area contributed by atoms with Gasteiger partial charge in [-0.1, -0.05) is 12.1 Å². The molecule has 1 amide bonds. The molecule has 2 aromatic carbocycles. The van der Waals surface area contributed by atoms with Crippen LogP contribution in [-0.4, -0.2) is 33.2 Å². The molecule has 2 heterocycles. The van der Waals surface area contributed by atoms with Crippen LogP contribution in [0.2, 0.25) is 0 Å². The van der Waals surface area contributed by atoms with Crippen molar-refractivity contribution in [3.05, 3.63) is 91.3 Å². The lowest BCUT2D eigenvalue weighted by Gasteiger charge is -2.26. The first kappa shape index (κ1) is 23.6. The molecule has 8 nitrogen and oxygen atoms in total. The van der Waals surface area contributed by atoms with Gasteiger partial charge >= 0.3 is 17.8 Å². The van der Waals surface area contributed by atoms with E-state index in [2.05, 4.69) is 0 Å². The number of amides is 1. The number of aromatic nitrogens is 2. The van der Waals surface area contributed by atoms with Crippen LogP contribution in [0.15, 0.2) is 52.2 Å². The Morgan fingerprint density at radius 1 is 1.06 bits per heavy atom. The number of aromatic carboxylic acids is 1. The van der Waals surface area contributed by atoms with Gasteiger partial charge in [-0.3, -0.25) is 18.7 Å². The summed E-state index contributed by atoms with van der Waals surface area (Å²) in [7, 11) is 1.63. The molecule has 0 fully saturated rings. The first-order valence-corrected chi connectivity index (χ1v) is 11.2. The second kappa shape index (κ2) is 8.21. The van der Waals surface area contributed by atoms with Crippen LogP contribution < -0.4 is 16.1 Å². The summed E-state index contributed by atoms with van der Waals surface area (Å²) in [5, 5.41) is 9.68. The van der Waals surface area contributed by atoms with E-state index in [1.54, 1.807) is 19.2 Å². The van der Waals surface area contributed by atoms with Gasteiger partial charge in [-0.05, 0) is 60.2 Å². The van der Waals surface area contributed by atoms with Crippen LogP contribution in [-0.2, 0) is 23.8 Å². The van der Waals surface area contributed by atoms with Gasteiger partial charge in [-0.25, -0.2) is 9.59 Å². The average molecular weight is 499 g/mol. The Kier molecular flexibility index (Phi) is 5.38. The van der Waals surface area contributed by atoms with Crippen LogP contribution in [0, 0.1) is 0 Å². The maximum atomic E-state index is 13.6. The number of nitrogens with zero attached hydrogens (tertiary/aromatic N) is 3. The molecule has 0 bridgehead atoms. The highest BCUT2D eigenvalue weighted by atomic mass is 19.4. The number of rotatable bonds is 3. The number of alkyl halides is 3. The molecule has 1 aliphatic heterocycles. The summed E-state index contributed by atoms with van der Waals surface area (Å²) in [5.41, 5.74) is -1.60. The van der Waals surface area contributed by atoms with Crippen LogP contribution in [0.25, 0.3) is 5.69 Å². The molecule has 0 saturated heterocycles. The summed E-state index contributed by atoms with van der Waals surface area (Å²) >= 11 is 0. The molecule has 0 radical (unpaired) electrons. The minimum Gasteiger partial charge on any atom is -0.477 e. The normalized spacial score (nSPS) is 17.2. The summed E-state index contributed by atoms with van der Waals surface area (Å²) in [6.45, 7) is 0. The van der Waals surface area contributed by atoms with E-state index in [-0.39, 0.29) is 42.0 Å². The van der Waals surface area contributed by atoms with E-state index in [4.69, 9.17) is 0 Å². The van der Waals surface area contributed by atoms with E-state index in [1.165, 1.54) is 23.1 Å². The Balaban J connectivity index is 1.71. The standard InChI is InChI=1S/C25H20F3N3O5/c1-29-19-8-6-14(11-13(19)5-10-21(29)32)30-12-17(23(34)35)22(33)31(24(30)36)20-9-7-15-16(20)3-2-4-18(15)25(26,27)28/h2-4,6,8,11-12,20H,5,7,9-10H2,1H3,(H,34,35)/t20-/m1/s1. The number of carbonyl (C=O) groups is 2. The van der Waals surface area contributed by atoms with E-state index in [0.29, 0.717) is 12.1 Å². The van der Waals surface area contributed by atoms with Crippen LogP contribution in [0.4, 0.5) is 18.9 Å². The number of aryl methyl sites for hydroxylation is 1. The fourth-order valence-electron chi connectivity index (χ4n) is 5.14. The zero-order valence-corrected chi connectivity index (χ0v) is 19.0. The zero-order valence-electron chi connectivity index (χ0n) is 19.0. The summed E-state index contributed by atoms with van der Waals surface area (Å²) in [6.07, 6.45) is -2.96. The number of carboxylic acids is 1. The van der Waals surface area contributed by atoms with E-state index in [1.807, 2.05) is 0 Å². The maximum absolute atomic E-state index is 13.6. The summed E-state index contributed by atoms with van der Waals surface area (Å²) in [4.78, 5) is 52.1. The predicted octanol–water partition coefficient (Wildman–Crippen LogP) is 3.16. The minimum absolute atomic E-state index is 0.00457. The zero-order chi connectivity index (χ0) is 25.9. The first-order valence-electron chi connectivity index (χ1n) is 11.2. The Morgan fingerprint density at radius 3 is 2.50 bits per heavy atom. The molecule has 0 unspecified atom stereocenters. The fourth-order valence-corrected chi connectivity index (χ4v) is 5.14. The van der Waals surface area contributed by atoms with Crippen molar-refractivity contribution in [2.45, 2.75) is 37.9 Å². The van der Waals surface area contributed by atoms with Crippen molar-refractivity contribution in [1.82, 2.24) is 9.13 Å². The number of hydrogen-bond donors (Lipinski definition) is 1. The number of benzene rings is 2. The van der Waals surface area contributed by atoms with Gasteiger partial charge in [0.05, 0.1) is 17.3 Å². The van der Waals surface area contributed by atoms with Gasteiger partial charge in [-0.2, -0.15) is 13.2 Å². The average Bonchev–Trinajstić information content (AvgIpc) is 3.24. The number of fused-ring (bicyclic) bond motifs is 2. The van der Waals surface area contributed by atoms with E-state index in [0.717, 1.165) is 27.0 Å². The molecule has 36 heavy (non-hydrogen) atoms. The Labute approximate surface area is 201 Å². The third kappa shape index (κ3) is 3.62. The van der Waals surface area contributed by atoms with E-state index >= 15 is 0 Å². The van der Waals surface area contributed by atoms with Crippen LogP contribution in [0.3, 0.4) is 0 Å². The molecule has 1 aromatic heterocycles. The second-order valence-corrected chi connectivity index (χ2v) is 8.87. The van der Waals surface area contributed by atoms with Crippen LogP contribution in [0.1, 0.15) is 51.5 Å². The van der Waals surface area contributed by atoms with Crippen molar-refractivity contribution in [3.8, 4) is 5.69 Å². The fraction of sp³-hybridized carbons (Fsp3) is 0.280. The minimum atomic E-state index is -4.61. The molecule has 0 saturated carbocycles. The lowest BCUT2D eigenvalue weighted by atomic mass is 10.0. The molecule has 5 rings (SSSR count). The lowest BCUT2D eigenvalue weighted by Crippen LogP contribution is -2.44. The first-order chi connectivity index (χ1) is 17.0. The van der Waals surface area contributed by atoms with Crippen LogP contribution in [0.5, 0.6) is 0 Å². The SMILES string of the molecule is CN1C(=O)CCc2cc(-n3cc(C(=O)O)c(=O)n([C@@H]4CCc5c4cccc5C(F)(F)F)c3=O)ccc21. The summed E-state index contributed by atoms with van der Waals surface area (Å²) < 4.78 is 42.4. The van der Waals surface area contributed by atoms with Gasteiger partial charge in [0.15, 0.2) is 0 Å². The highest BCUT2D eigenvalue weighted by molar-refractivity contribution is 5.96. The topological polar surface area (TPSA) is 102 Å². The van der Waals surface area contributed by atoms with Crippen molar-refractivity contribution < 1.29 is 27.9 Å². The molecule has 3 aromatic rings. The monoisotopic (exact) mass is 499 g/mol. The highest BCUT2D eigenvalue weighted by Crippen LogP contribution is 2.41. The largest absolute Gasteiger partial charge is 0.477 e. The number of halogens is 3. The molecular formula is C25H20F3N3O5. The molecule has 2 aliphatic rings. The summed E-state index contributed by atoms with van der Waals surface area (Å²) in [6, 6.07) is 7.35. The predicted molar refractivity (Wildman–Crippen MR) is 123 cm³/mol. The third-order valence-electron chi connectivity index (χ3n) is 6.89. The lowest BCUT2D eigenvalue weighted by molar-refractivity contribution is -0.138.